The Morgan fingerprint density at radius 1 is 1.42 bits per heavy atom. The summed E-state index contributed by atoms with van der Waals surface area (Å²) in [6.07, 6.45) is 2.17. The number of hydrogen-bond acceptors (Lipinski definition) is 3. The van der Waals surface area contributed by atoms with Gasteiger partial charge in [0.2, 0.25) is 5.91 Å². The van der Waals surface area contributed by atoms with Crippen LogP contribution in [0.2, 0.25) is 0 Å². The third-order valence-electron chi connectivity index (χ3n) is 4.50. The summed E-state index contributed by atoms with van der Waals surface area (Å²) in [6, 6.07) is 6.12. The molecule has 1 aromatic rings. The fourth-order valence-electron chi connectivity index (χ4n) is 3.47. The van der Waals surface area contributed by atoms with Crippen LogP contribution in [-0.2, 0) is 10.2 Å². The lowest BCUT2D eigenvalue weighted by Gasteiger charge is -2.41. The molecule has 4 heteroatoms. The van der Waals surface area contributed by atoms with Gasteiger partial charge in [-0.1, -0.05) is 12.1 Å². The van der Waals surface area contributed by atoms with Gasteiger partial charge >= 0.3 is 0 Å². The highest BCUT2D eigenvalue weighted by Gasteiger charge is 2.43. The number of carbonyl (C=O) groups excluding carboxylic acids is 1. The van der Waals surface area contributed by atoms with Crippen molar-refractivity contribution in [3.05, 3.63) is 23.8 Å². The topological polar surface area (TPSA) is 41.6 Å². The van der Waals surface area contributed by atoms with Crippen LogP contribution in [-0.4, -0.2) is 32.7 Å². The number of benzene rings is 1. The van der Waals surface area contributed by atoms with E-state index in [9.17, 15) is 4.79 Å². The van der Waals surface area contributed by atoms with Gasteiger partial charge in [-0.2, -0.15) is 0 Å². The van der Waals surface area contributed by atoms with Gasteiger partial charge < -0.3 is 15.0 Å². The zero-order valence-electron chi connectivity index (χ0n) is 11.5. The molecule has 0 radical (unpaired) electrons. The average molecular weight is 260 g/mol. The maximum absolute atomic E-state index is 11.9. The quantitative estimate of drug-likeness (QED) is 0.835. The van der Waals surface area contributed by atoms with E-state index in [4.69, 9.17) is 4.74 Å². The number of fused-ring (bicyclic) bond motifs is 2. The maximum Gasteiger partial charge on any atom is 0.223 e. The molecule has 4 nitrogen and oxygen atoms in total. The summed E-state index contributed by atoms with van der Waals surface area (Å²) in [5.41, 5.74) is 2.42. The van der Waals surface area contributed by atoms with Gasteiger partial charge in [-0.05, 0) is 31.0 Å². The highest BCUT2D eigenvalue weighted by molar-refractivity contribution is 5.95. The number of anilines is 1. The maximum atomic E-state index is 11.9. The van der Waals surface area contributed by atoms with Crippen molar-refractivity contribution in [1.82, 2.24) is 5.32 Å². The minimum Gasteiger partial charge on any atom is -0.495 e. The van der Waals surface area contributed by atoms with E-state index in [1.807, 2.05) is 17.0 Å². The molecule has 1 aromatic carbocycles. The number of nitrogens with zero attached hydrogens (tertiary/aromatic N) is 1. The first-order chi connectivity index (χ1) is 9.18. The van der Waals surface area contributed by atoms with Crippen molar-refractivity contribution in [3.8, 4) is 5.75 Å². The van der Waals surface area contributed by atoms with E-state index in [1.165, 1.54) is 5.56 Å². The number of carbonyl (C=O) groups is 1. The Kier molecular flexibility index (Phi) is 2.97. The molecular formula is C15H20N2O2. The molecule has 19 heavy (non-hydrogen) atoms. The van der Waals surface area contributed by atoms with E-state index in [0.29, 0.717) is 0 Å². The highest BCUT2D eigenvalue weighted by atomic mass is 16.5. The van der Waals surface area contributed by atoms with Crippen LogP contribution in [0, 0.1) is 0 Å². The SMILES string of the molecule is COc1cccc2c1N(C(C)=O)CCC21CCNC1. The molecule has 1 fully saturated rings. The Balaban J connectivity index is 2.17. The number of para-hydroxylation sites is 1. The smallest absolute Gasteiger partial charge is 0.223 e. The molecule has 2 heterocycles. The first-order valence-corrected chi connectivity index (χ1v) is 6.84. The second kappa shape index (κ2) is 4.53. The van der Waals surface area contributed by atoms with Crippen molar-refractivity contribution in [3.63, 3.8) is 0 Å². The Bertz CT molecular complexity index is 507. The molecule has 1 N–H and O–H groups in total. The Labute approximate surface area is 113 Å². The van der Waals surface area contributed by atoms with Gasteiger partial charge in [-0.3, -0.25) is 4.79 Å². The van der Waals surface area contributed by atoms with Crippen LogP contribution in [0.4, 0.5) is 5.69 Å². The van der Waals surface area contributed by atoms with Gasteiger partial charge in [0.15, 0.2) is 0 Å². The predicted molar refractivity (Wildman–Crippen MR) is 74.8 cm³/mol. The zero-order chi connectivity index (χ0) is 13.5. The van der Waals surface area contributed by atoms with Crippen LogP contribution >= 0.6 is 0 Å². The summed E-state index contributed by atoms with van der Waals surface area (Å²) >= 11 is 0. The summed E-state index contributed by atoms with van der Waals surface area (Å²) in [5.74, 6) is 0.894. The number of ether oxygens (including phenoxy) is 1. The monoisotopic (exact) mass is 260 g/mol. The standard InChI is InChI=1S/C15H20N2O2/c1-11(18)17-9-7-15(6-8-16-10-15)12-4-3-5-13(19-2)14(12)17/h3-5,16H,6-10H2,1-2H3. The van der Waals surface area contributed by atoms with Crippen LogP contribution < -0.4 is 15.0 Å². The molecule has 0 aliphatic carbocycles. The third kappa shape index (κ3) is 1.82. The van der Waals surface area contributed by atoms with Gasteiger partial charge in [-0.25, -0.2) is 0 Å². The summed E-state index contributed by atoms with van der Waals surface area (Å²) in [5, 5.41) is 3.46. The van der Waals surface area contributed by atoms with Crippen molar-refractivity contribution >= 4 is 11.6 Å². The lowest BCUT2D eigenvalue weighted by molar-refractivity contribution is -0.116. The minimum absolute atomic E-state index is 0.0894. The molecule has 1 atom stereocenters. The molecule has 0 saturated carbocycles. The Morgan fingerprint density at radius 3 is 2.89 bits per heavy atom. The van der Waals surface area contributed by atoms with Gasteiger partial charge in [0.05, 0.1) is 12.8 Å². The van der Waals surface area contributed by atoms with Gasteiger partial charge in [0.1, 0.15) is 5.75 Å². The molecule has 0 aromatic heterocycles. The van der Waals surface area contributed by atoms with Crippen molar-refractivity contribution in [2.24, 2.45) is 0 Å². The zero-order valence-corrected chi connectivity index (χ0v) is 11.5. The van der Waals surface area contributed by atoms with Crippen molar-refractivity contribution in [2.75, 3.05) is 31.6 Å². The fourth-order valence-corrected chi connectivity index (χ4v) is 3.47. The molecule has 1 unspecified atom stereocenters. The second-order valence-electron chi connectivity index (χ2n) is 5.48. The highest BCUT2D eigenvalue weighted by Crippen LogP contribution is 2.47. The molecule has 1 spiro atoms. The van der Waals surface area contributed by atoms with Gasteiger partial charge in [0, 0.05) is 25.4 Å². The minimum atomic E-state index is 0.0894. The molecule has 0 bridgehead atoms. The van der Waals surface area contributed by atoms with Gasteiger partial charge in [-0.15, -0.1) is 0 Å². The molecule has 1 saturated heterocycles. The number of methoxy groups -OCH3 is 1. The van der Waals surface area contributed by atoms with E-state index in [0.717, 1.165) is 43.9 Å². The first kappa shape index (κ1) is 12.5. The van der Waals surface area contributed by atoms with Crippen LogP contribution in [0.5, 0.6) is 5.75 Å². The summed E-state index contributed by atoms with van der Waals surface area (Å²) in [7, 11) is 1.67. The Hall–Kier alpha value is -1.55. The number of rotatable bonds is 1. The normalized spacial score (nSPS) is 25.5. The summed E-state index contributed by atoms with van der Waals surface area (Å²) in [4.78, 5) is 13.7. The van der Waals surface area contributed by atoms with E-state index < -0.39 is 0 Å². The van der Waals surface area contributed by atoms with Crippen LogP contribution in [0.3, 0.4) is 0 Å². The molecule has 1 amide bonds. The average Bonchev–Trinajstić information content (AvgIpc) is 2.88. The molecule has 3 rings (SSSR count). The van der Waals surface area contributed by atoms with Crippen molar-refractivity contribution in [1.29, 1.82) is 0 Å². The summed E-state index contributed by atoms with van der Waals surface area (Å²) < 4.78 is 5.48. The van der Waals surface area contributed by atoms with E-state index in [-0.39, 0.29) is 11.3 Å². The van der Waals surface area contributed by atoms with E-state index in [1.54, 1.807) is 14.0 Å². The van der Waals surface area contributed by atoms with Crippen LogP contribution in [0.15, 0.2) is 18.2 Å². The van der Waals surface area contributed by atoms with E-state index in [2.05, 4.69) is 11.4 Å². The van der Waals surface area contributed by atoms with Crippen LogP contribution in [0.1, 0.15) is 25.3 Å². The van der Waals surface area contributed by atoms with Crippen LogP contribution in [0.25, 0.3) is 0 Å². The number of nitrogens with one attached hydrogen (secondary N) is 1. The molecule has 2 aliphatic heterocycles. The largest absolute Gasteiger partial charge is 0.495 e. The third-order valence-corrected chi connectivity index (χ3v) is 4.50. The van der Waals surface area contributed by atoms with E-state index >= 15 is 0 Å². The summed E-state index contributed by atoms with van der Waals surface area (Å²) in [6.45, 7) is 4.46. The fraction of sp³-hybridized carbons (Fsp3) is 0.533. The van der Waals surface area contributed by atoms with Crippen molar-refractivity contribution in [2.45, 2.75) is 25.2 Å². The second-order valence-corrected chi connectivity index (χ2v) is 5.48. The molecular weight excluding hydrogens is 240 g/mol. The Morgan fingerprint density at radius 2 is 2.26 bits per heavy atom. The van der Waals surface area contributed by atoms with Gasteiger partial charge in [0.25, 0.3) is 0 Å². The molecule has 2 aliphatic rings. The first-order valence-electron chi connectivity index (χ1n) is 6.84. The number of hydrogen-bond donors (Lipinski definition) is 1. The number of amides is 1. The lowest BCUT2D eigenvalue weighted by Crippen LogP contribution is -2.43. The van der Waals surface area contributed by atoms with Crippen molar-refractivity contribution < 1.29 is 9.53 Å². The predicted octanol–water partition coefficient (Wildman–Crippen LogP) is 1.68. The molecule has 102 valence electrons. The lowest BCUT2D eigenvalue weighted by atomic mass is 9.73.